The molecule has 96 valence electrons. The van der Waals surface area contributed by atoms with Gasteiger partial charge < -0.3 is 5.32 Å². The van der Waals surface area contributed by atoms with Crippen molar-refractivity contribution in [3.63, 3.8) is 0 Å². The van der Waals surface area contributed by atoms with Crippen LogP contribution in [0.2, 0.25) is 0 Å². The van der Waals surface area contributed by atoms with E-state index < -0.39 is 0 Å². The predicted molar refractivity (Wildman–Crippen MR) is 72.0 cm³/mol. The highest BCUT2D eigenvalue weighted by atomic mass is 32.1. The quantitative estimate of drug-likeness (QED) is 0.839. The number of nitrogens with one attached hydrogen (secondary N) is 1. The van der Waals surface area contributed by atoms with Gasteiger partial charge >= 0.3 is 0 Å². The molecule has 0 radical (unpaired) electrons. The molecule has 2 heterocycles. The van der Waals surface area contributed by atoms with Crippen LogP contribution in [0.5, 0.6) is 0 Å². The molecular weight excluding hydrogens is 248 g/mol. The van der Waals surface area contributed by atoms with Crippen molar-refractivity contribution < 1.29 is 4.79 Å². The number of fused-ring (bicyclic) bond motifs is 1. The fraction of sp³-hybridized carbons (Fsp3) is 0.583. The fourth-order valence-corrected chi connectivity index (χ4v) is 3.46. The van der Waals surface area contributed by atoms with Crippen LogP contribution >= 0.6 is 11.3 Å². The number of nitrogens with zero attached hydrogens (tertiary/aromatic N) is 3. The van der Waals surface area contributed by atoms with Crippen LogP contribution in [0, 0.1) is 0 Å². The normalized spacial score (nSPS) is 18.5. The summed E-state index contributed by atoms with van der Waals surface area (Å²) >= 11 is 1.75. The highest BCUT2D eigenvalue weighted by molar-refractivity contribution is 7.15. The van der Waals surface area contributed by atoms with Gasteiger partial charge in [0.25, 0.3) is 0 Å². The number of anilines is 1. The van der Waals surface area contributed by atoms with Crippen molar-refractivity contribution in [3.05, 3.63) is 10.6 Å². The minimum absolute atomic E-state index is 0.0611. The second kappa shape index (κ2) is 4.68. The molecule has 0 saturated carbocycles. The Hall–Kier alpha value is -1.43. The van der Waals surface area contributed by atoms with Crippen molar-refractivity contribution in [2.45, 2.75) is 39.0 Å². The van der Waals surface area contributed by atoms with E-state index in [2.05, 4.69) is 15.4 Å². The van der Waals surface area contributed by atoms with Crippen molar-refractivity contribution in [1.82, 2.24) is 10.3 Å². The summed E-state index contributed by atoms with van der Waals surface area (Å²) in [4.78, 5) is 17.1. The third-order valence-electron chi connectivity index (χ3n) is 3.18. The number of carbonyl (C=O) groups is 1. The minimum atomic E-state index is -0.0611. The van der Waals surface area contributed by atoms with E-state index in [1.807, 2.05) is 5.01 Å². The summed E-state index contributed by atoms with van der Waals surface area (Å²) < 4.78 is 0. The fourth-order valence-electron chi connectivity index (χ4n) is 2.34. The molecule has 1 aromatic rings. The van der Waals surface area contributed by atoms with Gasteiger partial charge in [-0.3, -0.25) is 4.79 Å². The maximum atomic E-state index is 11.0. The second-order valence-electron chi connectivity index (χ2n) is 4.67. The number of aromatic nitrogens is 1. The molecule has 2 aliphatic rings. The molecule has 0 spiro atoms. The number of amides is 1. The van der Waals surface area contributed by atoms with Gasteiger partial charge in [-0.15, -0.1) is 0 Å². The molecule has 6 heteroatoms. The molecule has 0 atom stereocenters. The number of thiazole rings is 1. The molecule has 1 aromatic heterocycles. The molecule has 18 heavy (non-hydrogen) atoms. The summed E-state index contributed by atoms with van der Waals surface area (Å²) in [7, 11) is 0. The Kier molecular flexibility index (Phi) is 3.03. The van der Waals surface area contributed by atoms with E-state index in [0.29, 0.717) is 0 Å². The Morgan fingerprint density at radius 3 is 2.94 bits per heavy atom. The van der Waals surface area contributed by atoms with Crippen LogP contribution in [-0.2, 0) is 17.6 Å². The molecule has 0 fully saturated rings. The highest BCUT2D eigenvalue weighted by Gasteiger charge is 2.22. The number of hydrogen-bond donors (Lipinski definition) is 1. The van der Waals surface area contributed by atoms with Crippen LogP contribution in [0.4, 0.5) is 5.13 Å². The lowest BCUT2D eigenvalue weighted by atomic mass is 10.0. The molecule has 0 saturated heterocycles. The first-order chi connectivity index (χ1) is 8.72. The number of aryl methyl sites for hydroxylation is 2. The highest BCUT2D eigenvalue weighted by Crippen LogP contribution is 2.32. The van der Waals surface area contributed by atoms with E-state index in [0.717, 1.165) is 36.8 Å². The Labute approximate surface area is 110 Å². The first-order valence-electron chi connectivity index (χ1n) is 6.33. The molecule has 1 aliphatic heterocycles. The molecule has 3 rings (SSSR count). The zero-order valence-corrected chi connectivity index (χ0v) is 11.2. The summed E-state index contributed by atoms with van der Waals surface area (Å²) in [6, 6.07) is 0. The van der Waals surface area contributed by atoms with Gasteiger partial charge in [-0.25, -0.2) is 9.99 Å². The molecule has 1 aliphatic carbocycles. The molecule has 1 N–H and O–H groups in total. The van der Waals surface area contributed by atoms with E-state index in [-0.39, 0.29) is 5.91 Å². The van der Waals surface area contributed by atoms with Gasteiger partial charge in [-0.2, -0.15) is 5.10 Å². The average Bonchev–Trinajstić information content (AvgIpc) is 2.93. The van der Waals surface area contributed by atoms with Crippen LogP contribution in [0.1, 0.15) is 36.8 Å². The SMILES string of the molecule is CC(=O)NC1=NN(c2nc3c(s2)CCCC3)CC1. The molecule has 1 amide bonds. The van der Waals surface area contributed by atoms with Crippen LogP contribution in [-0.4, -0.2) is 23.3 Å². The average molecular weight is 264 g/mol. The molecule has 0 aromatic carbocycles. The Bertz CT molecular complexity index is 485. The Balaban J connectivity index is 1.77. The number of rotatable bonds is 1. The standard InChI is InChI=1S/C12H16N4OS/c1-8(17)13-11-6-7-16(15-11)12-14-9-4-2-3-5-10(9)18-12/h2-7H2,1H3,(H,13,15,17). The Morgan fingerprint density at radius 2 is 2.17 bits per heavy atom. The van der Waals surface area contributed by atoms with Gasteiger partial charge in [0.15, 0.2) is 0 Å². The van der Waals surface area contributed by atoms with Crippen LogP contribution < -0.4 is 10.3 Å². The van der Waals surface area contributed by atoms with Crippen LogP contribution in [0.15, 0.2) is 5.10 Å². The van der Waals surface area contributed by atoms with Gasteiger partial charge in [0.05, 0.1) is 12.2 Å². The van der Waals surface area contributed by atoms with E-state index in [9.17, 15) is 4.79 Å². The summed E-state index contributed by atoms with van der Waals surface area (Å²) in [5, 5.41) is 10.0. The van der Waals surface area contributed by atoms with Crippen molar-refractivity contribution in [3.8, 4) is 0 Å². The summed E-state index contributed by atoms with van der Waals surface area (Å²) in [6.07, 6.45) is 5.56. The first-order valence-corrected chi connectivity index (χ1v) is 7.15. The van der Waals surface area contributed by atoms with Gasteiger partial charge in [0.1, 0.15) is 5.84 Å². The zero-order chi connectivity index (χ0) is 12.5. The lowest BCUT2D eigenvalue weighted by Gasteiger charge is -2.07. The Morgan fingerprint density at radius 1 is 1.33 bits per heavy atom. The topological polar surface area (TPSA) is 57.6 Å². The van der Waals surface area contributed by atoms with E-state index in [4.69, 9.17) is 0 Å². The van der Waals surface area contributed by atoms with E-state index in [1.165, 1.54) is 30.3 Å². The number of hydrogen-bond acceptors (Lipinski definition) is 5. The van der Waals surface area contributed by atoms with Gasteiger partial charge in [-0.05, 0) is 25.7 Å². The summed E-state index contributed by atoms with van der Waals surface area (Å²) in [6.45, 7) is 2.31. The van der Waals surface area contributed by atoms with Crippen molar-refractivity contribution >= 4 is 28.2 Å². The van der Waals surface area contributed by atoms with Crippen molar-refractivity contribution in [2.75, 3.05) is 11.6 Å². The summed E-state index contributed by atoms with van der Waals surface area (Å²) in [5.74, 6) is 0.685. The monoisotopic (exact) mass is 264 g/mol. The van der Waals surface area contributed by atoms with E-state index >= 15 is 0 Å². The van der Waals surface area contributed by atoms with Gasteiger partial charge in [0.2, 0.25) is 11.0 Å². The molecule has 0 bridgehead atoms. The smallest absolute Gasteiger partial charge is 0.222 e. The van der Waals surface area contributed by atoms with E-state index in [1.54, 1.807) is 11.3 Å². The van der Waals surface area contributed by atoms with Crippen LogP contribution in [0.25, 0.3) is 0 Å². The maximum absolute atomic E-state index is 11.0. The first kappa shape index (κ1) is 11.6. The number of amidine groups is 1. The van der Waals surface area contributed by atoms with Crippen molar-refractivity contribution in [2.24, 2.45) is 5.10 Å². The largest absolute Gasteiger partial charge is 0.313 e. The van der Waals surface area contributed by atoms with Gasteiger partial charge in [-0.1, -0.05) is 11.3 Å². The molecular formula is C12H16N4OS. The zero-order valence-electron chi connectivity index (χ0n) is 10.4. The minimum Gasteiger partial charge on any atom is -0.313 e. The second-order valence-corrected chi connectivity index (χ2v) is 5.74. The number of carbonyl (C=O) groups excluding carboxylic acids is 1. The molecule has 5 nitrogen and oxygen atoms in total. The maximum Gasteiger partial charge on any atom is 0.222 e. The third kappa shape index (κ3) is 2.25. The molecule has 0 unspecified atom stereocenters. The van der Waals surface area contributed by atoms with Crippen LogP contribution in [0.3, 0.4) is 0 Å². The lowest BCUT2D eigenvalue weighted by Crippen LogP contribution is -2.26. The predicted octanol–water partition coefficient (Wildman–Crippen LogP) is 1.68. The number of hydrazone groups is 1. The summed E-state index contributed by atoms with van der Waals surface area (Å²) in [5.41, 5.74) is 1.25. The lowest BCUT2D eigenvalue weighted by molar-refractivity contribution is -0.117. The van der Waals surface area contributed by atoms with Gasteiger partial charge in [0, 0.05) is 18.2 Å². The van der Waals surface area contributed by atoms with Crippen molar-refractivity contribution in [1.29, 1.82) is 0 Å². The third-order valence-corrected chi connectivity index (χ3v) is 4.35.